The van der Waals surface area contributed by atoms with Gasteiger partial charge in [0.1, 0.15) is 5.78 Å². The third kappa shape index (κ3) is 1.87. The molecule has 0 radical (unpaired) electrons. The zero-order chi connectivity index (χ0) is 7.40. The normalized spacial score (nSPS) is 25.2. The number of carbonyl (C=O) groups excluding carboxylic acids is 1. The molecular formula is C8H12OS. The number of ketones is 1. The Morgan fingerprint density at radius 3 is 3.10 bits per heavy atom. The second-order valence-electron chi connectivity index (χ2n) is 2.54. The van der Waals surface area contributed by atoms with E-state index in [4.69, 9.17) is 0 Å². The number of rotatable bonds is 3. The van der Waals surface area contributed by atoms with Gasteiger partial charge in [-0.05, 0) is 12.8 Å². The molecule has 1 heterocycles. The Balaban J connectivity index is 2.26. The first-order chi connectivity index (χ1) is 4.84. The van der Waals surface area contributed by atoms with Crippen molar-refractivity contribution in [2.45, 2.75) is 12.8 Å². The van der Waals surface area contributed by atoms with Crippen molar-refractivity contribution in [2.75, 3.05) is 11.5 Å². The summed E-state index contributed by atoms with van der Waals surface area (Å²) < 4.78 is 0. The van der Waals surface area contributed by atoms with Gasteiger partial charge >= 0.3 is 0 Å². The summed E-state index contributed by atoms with van der Waals surface area (Å²) in [7, 11) is 0. The van der Waals surface area contributed by atoms with Crippen molar-refractivity contribution >= 4 is 17.5 Å². The minimum absolute atomic E-state index is 0.336. The number of hydrogen-bond acceptors (Lipinski definition) is 2. The molecule has 56 valence electrons. The first kappa shape index (κ1) is 7.86. The van der Waals surface area contributed by atoms with Crippen LogP contribution in [0.4, 0.5) is 0 Å². The predicted octanol–water partition coefficient (Wildman–Crippen LogP) is 1.88. The van der Waals surface area contributed by atoms with Crippen molar-refractivity contribution in [3.8, 4) is 0 Å². The predicted molar refractivity (Wildman–Crippen MR) is 45.3 cm³/mol. The van der Waals surface area contributed by atoms with Crippen LogP contribution in [0.1, 0.15) is 12.8 Å². The lowest BCUT2D eigenvalue weighted by molar-refractivity contribution is -0.119. The smallest absolute Gasteiger partial charge is 0.146 e. The van der Waals surface area contributed by atoms with E-state index in [1.807, 2.05) is 6.08 Å². The Morgan fingerprint density at radius 1 is 1.80 bits per heavy atom. The number of hydrogen-bond donors (Lipinski definition) is 0. The van der Waals surface area contributed by atoms with E-state index in [0.717, 1.165) is 24.3 Å². The summed E-state index contributed by atoms with van der Waals surface area (Å²) in [5.74, 6) is 2.55. The summed E-state index contributed by atoms with van der Waals surface area (Å²) in [6, 6.07) is 0. The van der Waals surface area contributed by atoms with E-state index in [1.165, 1.54) is 0 Å². The Kier molecular flexibility index (Phi) is 3.00. The minimum atomic E-state index is 0.336. The van der Waals surface area contributed by atoms with E-state index in [0.29, 0.717) is 11.7 Å². The topological polar surface area (TPSA) is 17.1 Å². The summed E-state index contributed by atoms with van der Waals surface area (Å²) in [5, 5.41) is 0. The molecule has 1 aliphatic heterocycles. The van der Waals surface area contributed by atoms with E-state index in [9.17, 15) is 4.79 Å². The van der Waals surface area contributed by atoms with Gasteiger partial charge in [-0.3, -0.25) is 4.79 Å². The van der Waals surface area contributed by atoms with Crippen LogP contribution in [0.2, 0.25) is 0 Å². The molecule has 1 aliphatic rings. The third-order valence-corrected chi connectivity index (χ3v) is 2.86. The fraction of sp³-hybridized carbons (Fsp3) is 0.625. The number of thioether (sulfide) groups is 1. The highest BCUT2D eigenvalue weighted by molar-refractivity contribution is 8.00. The average molecular weight is 156 g/mol. The summed E-state index contributed by atoms with van der Waals surface area (Å²) in [4.78, 5) is 11.0. The molecule has 1 atom stereocenters. The molecule has 2 heteroatoms. The molecule has 1 rings (SSSR count). The SMILES string of the molecule is C=CCCC1CSCC1=O. The van der Waals surface area contributed by atoms with Gasteiger partial charge in [0.25, 0.3) is 0 Å². The van der Waals surface area contributed by atoms with Crippen LogP contribution in [-0.4, -0.2) is 17.3 Å². The van der Waals surface area contributed by atoms with Gasteiger partial charge in [0, 0.05) is 11.7 Å². The van der Waals surface area contributed by atoms with E-state index < -0.39 is 0 Å². The van der Waals surface area contributed by atoms with E-state index >= 15 is 0 Å². The van der Waals surface area contributed by atoms with Gasteiger partial charge in [0.05, 0.1) is 5.75 Å². The average Bonchev–Trinajstić information content (AvgIpc) is 2.31. The molecule has 0 saturated carbocycles. The van der Waals surface area contributed by atoms with Crippen LogP contribution in [0.15, 0.2) is 12.7 Å². The number of carbonyl (C=O) groups is 1. The van der Waals surface area contributed by atoms with Crippen molar-refractivity contribution in [3.05, 3.63) is 12.7 Å². The highest BCUT2D eigenvalue weighted by Crippen LogP contribution is 2.23. The highest BCUT2D eigenvalue weighted by Gasteiger charge is 2.23. The maximum absolute atomic E-state index is 11.0. The third-order valence-electron chi connectivity index (χ3n) is 1.74. The maximum Gasteiger partial charge on any atom is 0.146 e. The standard InChI is InChI=1S/C8H12OS/c1-2-3-4-7-5-10-6-8(7)9/h2,7H,1,3-6H2. The lowest BCUT2D eigenvalue weighted by atomic mass is 10.0. The Hall–Kier alpha value is -0.240. The lowest BCUT2D eigenvalue weighted by Gasteiger charge is -2.02. The van der Waals surface area contributed by atoms with Crippen LogP contribution in [0.3, 0.4) is 0 Å². The second kappa shape index (κ2) is 3.81. The van der Waals surface area contributed by atoms with Crippen LogP contribution < -0.4 is 0 Å². The number of allylic oxidation sites excluding steroid dienone is 1. The quantitative estimate of drug-likeness (QED) is 0.580. The van der Waals surface area contributed by atoms with E-state index in [1.54, 1.807) is 11.8 Å². The Morgan fingerprint density at radius 2 is 2.60 bits per heavy atom. The molecule has 1 nitrogen and oxygen atoms in total. The van der Waals surface area contributed by atoms with Crippen molar-refractivity contribution < 1.29 is 4.79 Å². The van der Waals surface area contributed by atoms with Crippen LogP contribution in [0, 0.1) is 5.92 Å². The summed E-state index contributed by atoms with van der Waals surface area (Å²) in [6.45, 7) is 3.63. The molecule has 1 saturated heterocycles. The monoisotopic (exact) mass is 156 g/mol. The molecule has 0 bridgehead atoms. The van der Waals surface area contributed by atoms with E-state index in [2.05, 4.69) is 6.58 Å². The summed E-state index contributed by atoms with van der Waals surface area (Å²) in [6.07, 6.45) is 3.88. The fourth-order valence-electron chi connectivity index (χ4n) is 1.08. The Labute approximate surface area is 65.9 Å². The molecule has 0 aromatic carbocycles. The van der Waals surface area contributed by atoms with E-state index in [-0.39, 0.29) is 0 Å². The van der Waals surface area contributed by atoms with Gasteiger partial charge in [-0.25, -0.2) is 0 Å². The zero-order valence-electron chi connectivity index (χ0n) is 6.01. The summed E-state index contributed by atoms with van der Waals surface area (Å²) >= 11 is 1.76. The molecule has 0 aromatic heterocycles. The molecule has 0 aliphatic carbocycles. The molecular weight excluding hydrogens is 144 g/mol. The van der Waals surface area contributed by atoms with Crippen LogP contribution >= 0.6 is 11.8 Å². The molecule has 0 spiro atoms. The molecule has 1 fully saturated rings. The zero-order valence-corrected chi connectivity index (χ0v) is 6.82. The van der Waals surface area contributed by atoms with Gasteiger partial charge < -0.3 is 0 Å². The number of Topliss-reactive ketones (excluding diaryl/α,β-unsaturated/α-hetero) is 1. The van der Waals surface area contributed by atoms with Crippen molar-refractivity contribution in [1.29, 1.82) is 0 Å². The fourth-order valence-corrected chi connectivity index (χ4v) is 2.27. The first-order valence-corrected chi connectivity index (χ1v) is 4.71. The lowest BCUT2D eigenvalue weighted by Crippen LogP contribution is -2.10. The first-order valence-electron chi connectivity index (χ1n) is 3.56. The van der Waals surface area contributed by atoms with Crippen molar-refractivity contribution in [2.24, 2.45) is 5.92 Å². The van der Waals surface area contributed by atoms with Gasteiger partial charge in [-0.2, -0.15) is 11.8 Å². The molecule has 10 heavy (non-hydrogen) atoms. The highest BCUT2D eigenvalue weighted by atomic mass is 32.2. The van der Waals surface area contributed by atoms with Crippen LogP contribution in [-0.2, 0) is 4.79 Å². The van der Waals surface area contributed by atoms with Gasteiger partial charge in [-0.15, -0.1) is 6.58 Å². The Bertz CT molecular complexity index is 142. The largest absolute Gasteiger partial charge is 0.298 e. The van der Waals surface area contributed by atoms with Gasteiger partial charge in [-0.1, -0.05) is 6.08 Å². The summed E-state index contributed by atoms with van der Waals surface area (Å²) in [5.41, 5.74) is 0. The molecule has 1 unspecified atom stereocenters. The van der Waals surface area contributed by atoms with Crippen molar-refractivity contribution in [1.82, 2.24) is 0 Å². The molecule has 0 N–H and O–H groups in total. The maximum atomic E-state index is 11.0. The van der Waals surface area contributed by atoms with Crippen LogP contribution in [0.25, 0.3) is 0 Å². The van der Waals surface area contributed by atoms with Crippen LogP contribution in [0.5, 0.6) is 0 Å². The molecule has 0 amide bonds. The van der Waals surface area contributed by atoms with Gasteiger partial charge in [0.15, 0.2) is 0 Å². The molecule has 0 aromatic rings. The van der Waals surface area contributed by atoms with Gasteiger partial charge in [0.2, 0.25) is 0 Å². The van der Waals surface area contributed by atoms with Crippen molar-refractivity contribution in [3.63, 3.8) is 0 Å². The minimum Gasteiger partial charge on any atom is -0.298 e. The second-order valence-corrected chi connectivity index (χ2v) is 3.57.